The van der Waals surface area contributed by atoms with Gasteiger partial charge in [0.1, 0.15) is 5.75 Å². The SMILES string of the molecule is COc1ccc(N2C(=S)NC(c3ccccn3)C2c2cc(C)n(-c3ccc(Br)cc3)c2C)cc1Cl. The largest absolute Gasteiger partial charge is 0.495 e. The average molecular weight is 568 g/mol. The Bertz CT molecular complexity index is 1390. The molecule has 1 fully saturated rings. The normalized spacial score (nSPS) is 17.5. The Kier molecular flexibility index (Phi) is 6.57. The maximum atomic E-state index is 6.52. The number of anilines is 1. The molecule has 1 aliphatic rings. The minimum absolute atomic E-state index is 0.128. The summed E-state index contributed by atoms with van der Waals surface area (Å²) in [6.45, 7) is 4.28. The van der Waals surface area contributed by atoms with E-state index in [1.54, 1.807) is 7.11 Å². The van der Waals surface area contributed by atoms with E-state index in [-0.39, 0.29) is 12.1 Å². The molecule has 5 nitrogen and oxygen atoms in total. The number of rotatable bonds is 5. The monoisotopic (exact) mass is 566 g/mol. The first-order chi connectivity index (χ1) is 16.9. The van der Waals surface area contributed by atoms with Crippen molar-refractivity contribution < 1.29 is 4.74 Å². The number of aryl methyl sites for hydroxylation is 1. The molecule has 4 aromatic rings. The quantitative estimate of drug-likeness (QED) is 0.261. The standard InChI is InChI=1S/C27H24BrClN4OS/c1-16-14-21(17(2)32(16)19-9-7-18(28)8-10-19)26-25(23-6-4-5-13-30-23)31-27(35)33(26)20-11-12-24(34-3)22(29)15-20/h4-15,25-26H,1-3H3,(H,31,35). The van der Waals surface area contributed by atoms with Crippen LogP contribution < -0.4 is 15.0 Å². The molecule has 3 heterocycles. The minimum atomic E-state index is -0.136. The van der Waals surface area contributed by atoms with E-state index in [0.717, 1.165) is 32.9 Å². The van der Waals surface area contributed by atoms with Gasteiger partial charge in [0.25, 0.3) is 0 Å². The van der Waals surface area contributed by atoms with E-state index in [4.69, 9.17) is 28.6 Å². The molecule has 178 valence electrons. The summed E-state index contributed by atoms with van der Waals surface area (Å²) in [4.78, 5) is 6.80. The van der Waals surface area contributed by atoms with Crippen LogP contribution in [0.25, 0.3) is 5.69 Å². The zero-order valence-corrected chi connectivity index (χ0v) is 22.7. The number of aromatic nitrogens is 2. The number of ether oxygens (including phenoxy) is 1. The number of halogens is 2. The number of thiocarbonyl (C=S) groups is 1. The van der Waals surface area contributed by atoms with Crippen molar-refractivity contribution in [2.45, 2.75) is 25.9 Å². The van der Waals surface area contributed by atoms with Gasteiger partial charge in [0.2, 0.25) is 0 Å². The third kappa shape index (κ3) is 4.33. The molecule has 0 aliphatic carbocycles. The first-order valence-electron chi connectivity index (χ1n) is 11.2. The third-order valence-electron chi connectivity index (χ3n) is 6.39. The van der Waals surface area contributed by atoms with Crippen LogP contribution in [0.4, 0.5) is 5.69 Å². The number of benzene rings is 2. The topological polar surface area (TPSA) is 42.3 Å². The van der Waals surface area contributed by atoms with Crippen LogP contribution in [0.2, 0.25) is 5.02 Å². The van der Waals surface area contributed by atoms with Gasteiger partial charge in [-0.25, -0.2) is 0 Å². The molecule has 1 aliphatic heterocycles. The van der Waals surface area contributed by atoms with E-state index in [1.165, 1.54) is 5.56 Å². The van der Waals surface area contributed by atoms with Crippen molar-refractivity contribution in [3.8, 4) is 11.4 Å². The zero-order chi connectivity index (χ0) is 24.7. The van der Waals surface area contributed by atoms with E-state index in [2.05, 4.69) is 79.9 Å². The lowest BCUT2D eigenvalue weighted by atomic mass is 9.96. The smallest absolute Gasteiger partial charge is 0.174 e. The molecule has 0 saturated carbocycles. The van der Waals surface area contributed by atoms with Crippen LogP contribution in [0.5, 0.6) is 5.75 Å². The average Bonchev–Trinajstić information content (AvgIpc) is 3.35. The van der Waals surface area contributed by atoms with Gasteiger partial charge in [-0.2, -0.15) is 0 Å². The second-order valence-electron chi connectivity index (χ2n) is 8.45. The molecule has 0 spiro atoms. The van der Waals surface area contributed by atoms with E-state index in [1.807, 2.05) is 42.6 Å². The maximum Gasteiger partial charge on any atom is 0.174 e. The molecular formula is C27H24BrClN4OS. The molecule has 2 aromatic heterocycles. The highest BCUT2D eigenvalue weighted by Gasteiger charge is 2.42. The van der Waals surface area contributed by atoms with Crippen molar-refractivity contribution in [1.29, 1.82) is 0 Å². The molecule has 5 rings (SSSR count). The van der Waals surface area contributed by atoms with Crippen molar-refractivity contribution in [2.24, 2.45) is 0 Å². The second-order valence-corrected chi connectivity index (χ2v) is 10.2. The Labute approximate surface area is 223 Å². The predicted molar refractivity (Wildman–Crippen MR) is 149 cm³/mol. The van der Waals surface area contributed by atoms with Gasteiger partial charge in [-0.3, -0.25) is 4.98 Å². The number of nitrogens with one attached hydrogen (secondary N) is 1. The van der Waals surface area contributed by atoms with Gasteiger partial charge in [0.05, 0.1) is 29.9 Å². The molecule has 2 unspecified atom stereocenters. The van der Waals surface area contributed by atoms with Gasteiger partial charge >= 0.3 is 0 Å². The van der Waals surface area contributed by atoms with Gasteiger partial charge in [-0.05, 0) is 92.3 Å². The lowest BCUT2D eigenvalue weighted by Crippen LogP contribution is -2.29. The fourth-order valence-electron chi connectivity index (χ4n) is 4.83. The summed E-state index contributed by atoms with van der Waals surface area (Å²) in [6.07, 6.45) is 1.81. The lowest BCUT2D eigenvalue weighted by molar-refractivity contribution is 0.415. The number of methoxy groups -OCH3 is 1. The number of hydrogen-bond donors (Lipinski definition) is 1. The van der Waals surface area contributed by atoms with Gasteiger partial charge < -0.3 is 19.5 Å². The Morgan fingerprint density at radius 3 is 2.43 bits per heavy atom. The third-order valence-corrected chi connectivity index (χ3v) is 7.52. The maximum absolute atomic E-state index is 6.52. The van der Waals surface area contributed by atoms with Gasteiger partial charge in [0.15, 0.2) is 5.11 Å². The van der Waals surface area contributed by atoms with Crippen LogP contribution in [-0.4, -0.2) is 21.8 Å². The van der Waals surface area contributed by atoms with Crippen molar-refractivity contribution in [1.82, 2.24) is 14.9 Å². The fourth-order valence-corrected chi connectivity index (χ4v) is 5.69. The summed E-state index contributed by atoms with van der Waals surface area (Å²) in [5.41, 5.74) is 6.38. The molecular weight excluding hydrogens is 544 g/mol. The Morgan fingerprint density at radius 2 is 1.77 bits per heavy atom. The first kappa shape index (κ1) is 23.9. The van der Waals surface area contributed by atoms with Crippen molar-refractivity contribution in [2.75, 3.05) is 12.0 Å². The van der Waals surface area contributed by atoms with E-state index < -0.39 is 0 Å². The Hall–Kier alpha value is -2.87. The first-order valence-corrected chi connectivity index (χ1v) is 12.8. The van der Waals surface area contributed by atoms with Gasteiger partial charge in [-0.15, -0.1) is 0 Å². The molecule has 2 atom stereocenters. The van der Waals surface area contributed by atoms with Crippen LogP contribution >= 0.6 is 39.7 Å². The van der Waals surface area contributed by atoms with E-state index in [9.17, 15) is 0 Å². The molecule has 1 saturated heterocycles. The summed E-state index contributed by atoms with van der Waals surface area (Å²) >= 11 is 15.9. The van der Waals surface area contributed by atoms with Gasteiger partial charge in [-0.1, -0.05) is 33.6 Å². The summed E-state index contributed by atoms with van der Waals surface area (Å²) in [6, 6.07) is 22.0. The lowest BCUT2D eigenvalue weighted by Gasteiger charge is -2.28. The highest BCUT2D eigenvalue weighted by atomic mass is 79.9. The zero-order valence-electron chi connectivity index (χ0n) is 19.5. The van der Waals surface area contributed by atoms with Crippen LogP contribution in [0.3, 0.4) is 0 Å². The fraction of sp³-hybridized carbons (Fsp3) is 0.185. The van der Waals surface area contributed by atoms with Crippen molar-refractivity contribution in [3.05, 3.63) is 105 Å². The summed E-state index contributed by atoms with van der Waals surface area (Å²) < 4.78 is 8.70. The highest BCUT2D eigenvalue weighted by molar-refractivity contribution is 9.10. The number of nitrogens with zero attached hydrogens (tertiary/aromatic N) is 3. The van der Waals surface area contributed by atoms with Gasteiger partial charge in [0, 0.05) is 33.4 Å². The highest BCUT2D eigenvalue weighted by Crippen LogP contribution is 2.45. The number of hydrogen-bond acceptors (Lipinski definition) is 3. The van der Waals surface area contributed by atoms with Crippen LogP contribution in [-0.2, 0) is 0 Å². The predicted octanol–water partition coefficient (Wildman–Crippen LogP) is 7.09. The second kappa shape index (κ2) is 9.64. The molecule has 0 bridgehead atoms. The summed E-state index contributed by atoms with van der Waals surface area (Å²) in [7, 11) is 1.61. The molecule has 0 radical (unpaired) electrons. The Morgan fingerprint density at radius 1 is 1.03 bits per heavy atom. The van der Waals surface area contributed by atoms with Crippen LogP contribution in [0.1, 0.15) is 34.7 Å². The Balaban J connectivity index is 1.67. The van der Waals surface area contributed by atoms with E-state index >= 15 is 0 Å². The molecule has 8 heteroatoms. The van der Waals surface area contributed by atoms with Crippen molar-refractivity contribution in [3.63, 3.8) is 0 Å². The molecule has 35 heavy (non-hydrogen) atoms. The summed E-state index contributed by atoms with van der Waals surface area (Å²) in [5.74, 6) is 0.625. The molecule has 2 aromatic carbocycles. The molecule has 0 amide bonds. The van der Waals surface area contributed by atoms with Crippen molar-refractivity contribution >= 4 is 50.5 Å². The number of pyridine rings is 1. The minimum Gasteiger partial charge on any atom is -0.495 e. The summed E-state index contributed by atoms with van der Waals surface area (Å²) in [5, 5.41) is 4.68. The van der Waals surface area contributed by atoms with Crippen LogP contribution in [0.15, 0.2) is 77.4 Å². The van der Waals surface area contributed by atoms with E-state index in [0.29, 0.717) is 15.9 Å². The molecule has 1 N–H and O–H groups in total. The van der Waals surface area contributed by atoms with Crippen LogP contribution in [0, 0.1) is 13.8 Å².